The minimum Gasteiger partial charge on any atom is -0.393 e. The molecule has 1 amide bonds. The summed E-state index contributed by atoms with van der Waals surface area (Å²) in [6.45, 7) is 0.342. The topological polar surface area (TPSA) is 119 Å². The molecule has 0 aromatic rings. The van der Waals surface area contributed by atoms with Crippen molar-refractivity contribution in [2.24, 2.45) is 0 Å². The highest BCUT2D eigenvalue weighted by molar-refractivity contribution is 5.73. The zero-order valence-electron chi connectivity index (χ0n) is 8.25. The van der Waals surface area contributed by atoms with E-state index in [1.54, 1.807) is 0 Å². The van der Waals surface area contributed by atoms with Crippen LogP contribution in [0.4, 0.5) is 0 Å². The molecule has 4 atom stereocenters. The molecule has 1 aliphatic heterocycles. The zero-order valence-corrected chi connectivity index (χ0v) is 8.25. The average molecular weight is 221 g/mol. The molecule has 0 unspecified atom stereocenters. The lowest BCUT2D eigenvalue weighted by molar-refractivity contribution is -0.259. The molecule has 1 aliphatic rings. The molecule has 1 saturated heterocycles. The number of aliphatic hydroxyl groups is 4. The number of rotatable bonds is 2. The number of hydrogen-bond acceptors (Lipinski definition) is 6. The van der Waals surface area contributed by atoms with Gasteiger partial charge in [-0.25, -0.2) is 0 Å². The van der Waals surface area contributed by atoms with Crippen LogP contribution in [0.25, 0.3) is 0 Å². The van der Waals surface area contributed by atoms with Crippen LogP contribution in [0.1, 0.15) is 6.92 Å². The fourth-order valence-corrected chi connectivity index (χ4v) is 1.54. The predicted molar refractivity (Wildman–Crippen MR) is 47.6 cm³/mol. The first-order valence-corrected chi connectivity index (χ1v) is 4.51. The number of carbonyl (C=O) groups is 1. The van der Waals surface area contributed by atoms with Crippen molar-refractivity contribution in [1.29, 1.82) is 0 Å². The summed E-state index contributed by atoms with van der Waals surface area (Å²) in [6, 6.07) is 0. The Morgan fingerprint density at radius 2 is 2.20 bits per heavy atom. The Kier molecular flexibility index (Phi) is 3.63. The molecule has 7 nitrogen and oxygen atoms in total. The van der Waals surface area contributed by atoms with Crippen LogP contribution in [0, 0.1) is 0 Å². The van der Waals surface area contributed by atoms with Crippen molar-refractivity contribution in [3.8, 4) is 0 Å². The summed E-state index contributed by atoms with van der Waals surface area (Å²) in [5, 5.41) is 39.7. The van der Waals surface area contributed by atoms with Crippen molar-refractivity contribution in [3.05, 3.63) is 0 Å². The lowest BCUT2D eigenvalue weighted by Gasteiger charge is -2.44. The molecule has 1 rings (SSSR count). The molecule has 15 heavy (non-hydrogen) atoms. The van der Waals surface area contributed by atoms with Crippen LogP contribution < -0.4 is 5.32 Å². The van der Waals surface area contributed by atoms with Gasteiger partial charge in [-0.15, -0.1) is 0 Å². The summed E-state index contributed by atoms with van der Waals surface area (Å²) in [6.07, 6.45) is -4.09. The van der Waals surface area contributed by atoms with Gasteiger partial charge in [0.1, 0.15) is 18.3 Å². The second-order valence-electron chi connectivity index (χ2n) is 3.52. The van der Waals surface area contributed by atoms with Gasteiger partial charge < -0.3 is 30.5 Å². The van der Waals surface area contributed by atoms with E-state index in [-0.39, 0.29) is 6.61 Å². The molecule has 0 radical (unpaired) electrons. The Hall–Kier alpha value is -0.730. The Morgan fingerprint density at radius 1 is 1.60 bits per heavy atom. The summed E-state index contributed by atoms with van der Waals surface area (Å²) in [7, 11) is 0. The van der Waals surface area contributed by atoms with Crippen molar-refractivity contribution in [2.75, 3.05) is 13.2 Å². The lowest BCUT2D eigenvalue weighted by atomic mass is 9.93. The predicted octanol–water partition coefficient (Wildman–Crippen LogP) is -3.08. The minimum absolute atomic E-state index is 0.214. The van der Waals surface area contributed by atoms with Gasteiger partial charge in [0.2, 0.25) is 5.91 Å². The molecule has 0 aromatic carbocycles. The molecular formula is C8H15NO6. The van der Waals surface area contributed by atoms with E-state index < -0.39 is 36.6 Å². The van der Waals surface area contributed by atoms with Gasteiger partial charge in [0.05, 0.1) is 13.2 Å². The molecular weight excluding hydrogens is 206 g/mol. The number of hydrogen-bond donors (Lipinski definition) is 5. The highest BCUT2D eigenvalue weighted by Gasteiger charge is 2.51. The lowest BCUT2D eigenvalue weighted by Crippen LogP contribution is -2.71. The first-order chi connectivity index (χ1) is 6.91. The van der Waals surface area contributed by atoms with Crippen LogP contribution in [0.15, 0.2) is 0 Å². The van der Waals surface area contributed by atoms with E-state index >= 15 is 0 Å². The normalized spacial score (nSPS) is 41.3. The maximum Gasteiger partial charge on any atom is 0.219 e. The van der Waals surface area contributed by atoms with E-state index in [2.05, 4.69) is 5.32 Å². The third-order valence-corrected chi connectivity index (χ3v) is 2.32. The van der Waals surface area contributed by atoms with E-state index in [1.807, 2.05) is 0 Å². The van der Waals surface area contributed by atoms with Gasteiger partial charge in [-0.05, 0) is 0 Å². The fourth-order valence-electron chi connectivity index (χ4n) is 1.54. The van der Waals surface area contributed by atoms with Crippen LogP contribution in [-0.2, 0) is 9.53 Å². The van der Waals surface area contributed by atoms with Crippen molar-refractivity contribution < 1.29 is 30.0 Å². The van der Waals surface area contributed by atoms with E-state index in [0.717, 1.165) is 6.92 Å². The summed E-state index contributed by atoms with van der Waals surface area (Å²) in [5.74, 6) is -0.604. The summed E-state index contributed by atoms with van der Waals surface area (Å²) < 4.78 is 4.90. The molecule has 0 saturated carbocycles. The van der Waals surface area contributed by atoms with Crippen LogP contribution in [0.3, 0.4) is 0 Å². The maximum absolute atomic E-state index is 10.8. The molecule has 0 aliphatic carbocycles. The van der Waals surface area contributed by atoms with E-state index in [9.17, 15) is 20.1 Å². The average Bonchev–Trinajstić information content (AvgIpc) is 2.14. The second kappa shape index (κ2) is 4.42. The Morgan fingerprint density at radius 3 is 2.67 bits per heavy atom. The van der Waals surface area contributed by atoms with Gasteiger partial charge in [0.25, 0.3) is 0 Å². The number of aliphatic hydroxyl groups excluding tert-OH is 3. The van der Waals surface area contributed by atoms with Crippen LogP contribution >= 0.6 is 0 Å². The van der Waals surface area contributed by atoms with Crippen LogP contribution in [0.5, 0.6) is 0 Å². The maximum atomic E-state index is 10.8. The molecule has 88 valence electrons. The Labute approximate surface area is 86.3 Å². The highest BCUT2D eigenvalue weighted by atomic mass is 16.5. The molecule has 1 fully saturated rings. The fraction of sp³-hybridized carbons (Fsp3) is 0.875. The van der Waals surface area contributed by atoms with Gasteiger partial charge in [-0.1, -0.05) is 0 Å². The zero-order chi connectivity index (χ0) is 11.6. The monoisotopic (exact) mass is 221 g/mol. The first-order valence-electron chi connectivity index (χ1n) is 4.51. The van der Waals surface area contributed by atoms with E-state index in [4.69, 9.17) is 9.84 Å². The molecule has 0 aromatic heterocycles. The first kappa shape index (κ1) is 12.3. The van der Waals surface area contributed by atoms with Gasteiger partial charge in [0.15, 0.2) is 5.72 Å². The third-order valence-electron chi connectivity index (χ3n) is 2.32. The van der Waals surface area contributed by atoms with Crippen LogP contribution in [0.2, 0.25) is 0 Å². The molecule has 0 bridgehead atoms. The quantitative estimate of drug-likeness (QED) is 0.316. The van der Waals surface area contributed by atoms with Crippen molar-refractivity contribution in [2.45, 2.75) is 31.0 Å². The number of nitrogens with one attached hydrogen (secondary N) is 1. The molecule has 7 heteroatoms. The summed E-state index contributed by atoms with van der Waals surface area (Å²) in [5.41, 5.74) is -2.17. The van der Waals surface area contributed by atoms with Crippen LogP contribution in [-0.4, -0.2) is 63.6 Å². The van der Waals surface area contributed by atoms with Crippen molar-refractivity contribution in [1.82, 2.24) is 5.32 Å². The van der Waals surface area contributed by atoms with Gasteiger partial charge in [0, 0.05) is 6.92 Å². The minimum atomic E-state index is -2.17. The largest absolute Gasteiger partial charge is 0.393 e. The molecule has 0 spiro atoms. The summed E-state index contributed by atoms with van der Waals surface area (Å²) >= 11 is 0. The Bertz CT molecular complexity index is 243. The smallest absolute Gasteiger partial charge is 0.219 e. The van der Waals surface area contributed by atoms with Gasteiger partial charge in [-0.3, -0.25) is 4.79 Å². The van der Waals surface area contributed by atoms with Gasteiger partial charge in [-0.2, -0.15) is 0 Å². The molecule has 5 N–H and O–H groups in total. The van der Waals surface area contributed by atoms with E-state index in [1.165, 1.54) is 0 Å². The Balaban J connectivity index is 2.88. The third kappa shape index (κ3) is 2.27. The highest BCUT2D eigenvalue weighted by Crippen LogP contribution is 2.23. The van der Waals surface area contributed by atoms with Crippen molar-refractivity contribution in [3.63, 3.8) is 0 Å². The summed E-state index contributed by atoms with van der Waals surface area (Å²) in [4.78, 5) is 10.8. The number of carbonyl (C=O) groups excluding carboxylic acids is 1. The van der Waals surface area contributed by atoms with Crippen molar-refractivity contribution >= 4 is 5.91 Å². The number of ether oxygens (including phenoxy) is 1. The second-order valence-corrected chi connectivity index (χ2v) is 3.52. The number of amides is 1. The van der Waals surface area contributed by atoms with E-state index in [0.29, 0.717) is 0 Å². The molecule has 1 heterocycles. The van der Waals surface area contributed by atoms with Gasteiger partial charge >= 0.3 is 0 Å². The standard InChI is InChI=1S/C8H15NO6/c1-4(11)9-8(14)6(2-10)15-3-5(12)7(8)13/h5-7,10,12-14H,2-3H2,1H3,(H,9,11)/t5-,6+,7+,8-/m0/s1. The SMILES string of the molecule is CC(=O)N[C@@]1(O)[C@H](O)[C@@H](O)CO[C@@H]1CO.